The molecule has 2 unspecified atom stereocenters. The number of fused-ring (bicyclic) bond motifs is 1. The molecule has 0 amide bonds. The van der Waals surface area contributed by atoms with E-state index in [-0.39, 0.29) is 10.7 Å². The molecule has 1 heterocycles. The maximum Gasteiger partial charge on any atom is 0.346 e. The summed E-state index contributed by atoms with van der Waals surface area (Å²) in [6.07, 6.45) is 3.50. The van der Waals surface area contributed by atoms with E-state index in [0.717, 1.165) is 17.8 Å². The van der Waals surface area contributed by atoms with Gasteiger partial charge in [0, 0.05) is 28.2 Å². The van der Waals surface area contributed by atoms with Gasteiger partial charge in [-0.15, -0.1) is 11.3 Å². The third-order valence-electron chi connectivity index (χ3n) is 4.08. The third-order valence-corrected chi connectivity index (χ3v) is 5.27. The van der Waals surface area contributed by atoms with Gasteiger partial charge in [-0.3, -0.25) is 0 Å². The molecule has 5 heteroatoms. The molecule has 1 fully saturated rings. The van der Waals surface area contributed by atoms with Crippen LogP contribution in [0.5, 0.6) is 0 Å². The molecule has 1 saturated carbocycles. The SMILES string of the molecule is CCCC1CC1NCc1c(C(=O)O)sc2cccc(F)c12. The molecule has 0 aliphatic heterocycles. The fourth-order valence-corrected chi connectivity index (χ4v) is 4.00. The van der Waals surface area contributed by atoms with Crippen LogP contribution < -0.4 is 5.32 Å². The van der Waals surface area contributed by atoms with E-state index in [2.05, 4.69) is 12.2 Å². The van der Waals surface area contributed by atoms with Gasteiger partial charge in [0.1, 0.15) is 10.7 Å². The average Bonchev–Trinajstić information content (AvgIpc) is 3.06. The van der Waals surface area contributed by atoms with Crippen LogP contribution in [0.25, 0.3) is 10.1 Å². The van der Waals surface area contributed by atoms with Crippen LogP contribution in [-0.4, -0.2) is 17.1 Å². The van der Waals surface area contributed by atoms with Crippen LogP contribution in [0.2, 0.25) is 0 Å². The first-order valence-electron chi connectivity index (χ1n) is 7.28. The monoisotopic (exact) mass is 307 g/mol. The number of hydrogen-bond donors (Lipinski definition) is 2. The second kappa shape index (κ2) is 5.73. The van der Waals surface area contributed by atoms with Crippen molar-refractivity contribution in [1.82, 2.24) is 5.32 Å². The minimum absolute atomic E-state index is 0.246. The van der Waals surface area contributed by atoms with Gasteiger partial charge in [0.05, 0.1) is 0 Å². The van der Waals surface area contributed by atoms with Gasteiger partial charge in [-0.2, -0.15) is 0 Å². The summed E-state index contributed by atoms with van der Waals surface area (Å²) < 4.78 is 14.7. The van der Waals surface area contributed by atoms with Gasteiger partial charge in [0.2, 0.25) is 0 Å². The van der Waals surface area contributed by atoms with E-state index in [1.165, 1.54) is 18.9 Å². The molecule has 2 atom stereocenters. The third kappa shape index (κ3) is 2.80. The molecule has 1 aromatic heterocycles. The summed E-state index contributed by atoms with van der Waals surface area (Å²) in [6.45, 7) is 2.59. The summed E-state index contributed by atoms with van der Waals surface area (Å²) in [6, 6.07) is 5.24. The van der Waals surface area contributed by atoms with E-state index in [4.69, 9.17) is 0 Å². The number of carboxylic acids is 1. The van der Waals surface area contributed by atoms with E-state index in [0.29, 0.717) is 34.2 Å². The number of rotatable bonds is 6. The molecule has 2 N–H and O–H groups in total. The number of nitrogens with one attached hydrogen (secondary N) is 1. The van der Waals surface area contributed by atoms with Gasteiger partial charge in [0.15, 0.2) is 0 Å². The fourth-order valence-electron chi connectivity index (χ4n) is 2.93. The maximum absolute atomic E-state index is 14.0. The number of benzene rings is 1. The summed E-state index contributed by atoms with van der Waals surface area (Å²) in [5, 5.41) is 13.2. The summed E-state index contributed by atoms with van der Waals surface area (Å²) in [4.78, 5) is 11.6. The van der Waals surface area contributed by atoms with Crippen LogP contribution >= 0.6 is 11.3 Å². The lowest BCUT2D eigenvalue weighted by Crippen LogP contribution is -2.19. The lowest BCUT2D eigenvalue weighted by atomic mass is 10.1. The first-order chi connectivity index (χ1) is 10.1. The van der Waals surface area contributed by atoms with Crippen LogP contribution in [0.15, 0.2) is 18.2 Å². The number of halogens is 1. The Kier molecular flexibility index (Phi) is 3.95. The van der Waals surface area contributed by atoms with Crippen molar-refractivity contribution in [3.8, 4) is 0 Å². The minimum Gasteiger partial charge on any atom is -0.477 e. The molecule has 1 aliphatic carbocycles. The molecule has 0 saturated heterocycles. The predicted molar refractivity (Wildman–Crippen MR) is 82.4 cm³/mol. The zero-order valence-electron chi connectivity index (χ0n) is 11.9. The molecular formula is C16H18FNO2S. The lowest BCUT2D eigenvalue weighted by Gasteiger charge is -2.05. The Labute approximate surface area is 126 Å². The summed E-state index contributed by atoms with van der Waals surface area (Å²) in [7, 11) is 0. The molecule has 2 aromatic rings. The number of carbonyl (C=O) groups is 1. The second-order valence-electron chi connectivity index (χ2n) is 5.60. The zero-order chi connectivity index (χ0) is 15.0. The highest BCUT2D eigenvalue weighted by molar-refractivity contribution is 7.21. The molecule has 1 aromatic carbocycles. The van der Waals surface area contributed by atoms with Crippen molar-refractivity contribution in [2.24, 2.45) is 5.92 Å². The number of thiophene rings is 1. The smallest absolute Gasteiger partial charge is 0.346 e. The molecule has 3 nitrogen and oxygen atoms in total. The molecule has 112 valence electrons. The topological polar surface area (TPSA) is 49.3 Å². The van der Waals surface area contributed by atoms with Crippen LogP contribution in [0.4, 0.5) is 4.39 Å². The highest BCUT2D eigenvalue weighted by Crippen LogP contribution is 2.37. The van der Waals surface area contributed by atoms with Crippen molar-refractivity contribution in [3.63, 3.8) is 0 Å². The quantitative estimate of drug-likeness (QED) is 0.847. The summed E-state index contributed by atoms with van der Waals surface area (Å²) in [5.74, 6) is -0.625. The molecule has 21 heavy (non-hydrogen) atoms. The molecule has 1 aliphatic rings. The van der Waals surface area contributed by atoms with Crippen molar-refractivity contribution < 1.29 is 14.3 Å². The van der Waals surface area contributed by atoms with E-state index in [1.54, 1.807) is 12.1 Å². The average molecular weight is 307 g/mol. The minimum atomic E-state index is -0.978. The van der Waals surface area contributed by atoms with Crippen molar-refractivity contribution in [2.45, 2.75) is 38.8 Å². The Bertz CT molecular complexity index is 682. The van der Waals surface area contributed by atoms with Crippen molar-refractivity contribution >= 4 is 27.4 Å². The molecule has 0 bridgehead atoms. The lowest BCUT2D eigenvalue weighted by molar-refractivity contribution is 0.0701. The fraction of sp³-hybridized carbons (Fsp3) is 0.438. The molecular weight excluding hydrogens is 289 g/mol. The van der Waals surface area contributed by atoms with Gasteiger partial charge < -0.3 is 10.4 Å². The van der Waals surface area contributed by atoms with E-state index in [1.807, 2.05) is 0 Å². The van der Waals surface area contributed by atoms with Gasteiger partial charge in [-0.25, -0.2) is 9.18 Å². The van der Waals surface area contributed by atoms with E-state index < -0.39 is 5.97 Å². The van der Waals surface area contributed by atoms with Gasteiger partial charge in [-0.1, -0.05) is 19.4 Å². The van der Waals surface area contributed by atoms with E-state index in [9.17, 15) is 14.3 Å². The van der Waals surface area contributed by atoms with Gasteiger partial charge >= 0.3 is 5.97 Å². The highest BCUT2D eigenvalue weighted by atomic mass is 32.1. The largest absolute Gasteiger partial charge is 0.477 e. The second-order valence-corrected chi connectivity index (χ2v) is 6.65. The number of aromatic carboxylic acids is 1. The molecule has 3 rings (SSSR count). The Hall–Kier alpha value is -1.46. The molecule has 0 spiro atoms. The van der Waals surface area contributed by atoms with Crippen molar-refractivity contribution in [1.29, 1.82) is 0 Å². The van der Waals surface area contributed by atoms with Crippen LogP contribution in [0.1, 0.15) is 41.4 Å². The Morgan fingerprint density at radius 1 is 1.52 bits per heavy atom. The Morgan fingerprint density at radius 3 is 3.05 bits per heavy atom. The summed E-state index contributed by atoms with van der Waals surface area (Å²) in [5.41, 5.74) is 0.586. The Balaban J connectivity index is 1.86. The normalized spacial score (nSPS) is 20.9. The molecule has 0 radical (unpaired) electrons. The van der Waals surface area contributed by atoms with Gasteiger partial charge in [0.25, 0.3) is 0 Å². The summed E-state index contributed by atoms with van der Waals surface area (Å²) >= 11 is 1.15. The standard InChI is InChI=1S/C16H18FNO2S/c1-2-4-9-7-12(9)18-8-10-14-11(17)5-3-6-13(14)21-15(10)16(19)20/h3,5-6,9,12,18H,2,4,7-8H2,1H3,(H,19,20). The van der Waals surface area contributed by atoms with Crippen molar-refractivity contribution in [3.05, 3.63) is 34.5 Å². The number of carboxylic acid groups (broad SMARTS) is 1. The van der Waals surface area contributed by atoms with E-state index >= 15 is 0 Å². The zero-order valence-corrected chi connectivity index (χ0v) is 12.7. The predicted octanol–water partition coefficient (Wildman–Crippen LogP) is 4.02. The van der Waals surface area contributed by atoms with Crippen LogP contribution in [-0.2, 0) is 6.54 Å². The first-order valence-corrected chi connectivity index (χ1v) is 8.10. The van der Waals surface area contributed by atoms with Gasteiger partial charge in [-0.05, 0) is 30.9 Å². The van der Waals surface area contributed by atoms with Crippen molar-refractivity contribution in [2.75, 3.05) is 0 Å². The maximum atomic E-state index is 14.0. The van der Waals surface area contributed by atoms with Crippen LogP contribution in [0.3, 0.4) is 0 Å². The van der Waals surface area contributed by atoms with Crippen LogP contribution in [0, 0.1) is 11.7 Å². The first kappa shape index (κ1) is 14.5. The Morgan fingerprint density at radius 2 is 2.33 bits per heavy atom. The highest BCUT2D eigenvalue weighted by Gasteiger charge is 2.35. The number of hydrogen-bond acceptors (Lipinski definition) is 3.